The molecule has 2 aromatic rings. The number of quaternary nitrogens is 1. The van der Waals surface area contributed by atoms with Gasteiger partial charge in [-0.2, -0.15) is 0 Å². The van der Waals surface area contributed by atoms with E-state index in [1.54, 1.807) is 14.2 Å². The topological polar surface area (TPSA) is 73.6 Å². The maximum absolute atomic E-state index is 9.81. The van der Waals surface area contributed by atoms with Crippen LogP contribution in [0.4, 0.5) is 0 Å². The molecule has 29 heavy (non-hydrogen) atoms. The molecule has 1 unspecified atom stereocenters. The second-order valence-corrected chi connectivity index (χ2v) is 7.37. The van der Waals surface area contributed by atoms with Crippen molar-refractivity contribution in [1.29, 1.82) is 0 Å². The number of ether oxygens (including phenoxy) is 4. The third kappa shape index (κ3) is 3.71. The molecule has 2 heterocycles. The normalized spacial score (nSPS) is 20.2. The lowest BCUT2D eigenvalue weighted by molar-refractivity contribution is -0.914. The van der Waals surface area contributed by atoms with Crippen molar-refractivity contribution in [1.82, 2.24) is 5.48 Å². The monoisotopic (exact) mass is 399 g/mol. The standard InChI is InChI=1S/C22H26N2O5/c1-24-9-8-15-11-19-21(29-13-28-19)22(27-3)20(15)18(24)12-16(23-25)10-14-4-6-17(26-2)7-5-14/h4-7,10-11,18,23,25H,8-9,12-13H2,1-3H3/p+1/b16-10+/t18-/m0/s1. The molecule has 0 spiro atoms. The number of hydrogen-bond donors (Lipinski definition) is 3. The van der Waals surface area contributed by atoms with E-state index in [0.717, 1.165) is 47.0 Å². The predicted octanol–water partition coefficient (Wildman–Crippen LogP) is 1.95. The minimum Gasteiger partial charge on any atom is -0.497 e. The maximum Gasteiger partial charge on any atom is 0.231 e. The SMILES string of the molecule is COc1ccc(/C=C(\C[C@H]2c3c(cc4c(c3OC)OCO4)CC[NH+]2C)NO)cc1. The highest BCUT2D eigenvalue weighted by molar-refractivity contribution is 5.62. The summed E-state index contributed by atoms with van der Waals surface area (Å²) < 4.78 is 22.2. The van der Waals surface area contributed by atoms with Gasteiger partial charge in [-0.3, -0.25) is 10.7 Å². The Labute approximate surface area is 170 Å². The molecule has 3 N–H and O–H groups in total. The average molecular weight is 399 g/mol. The van der Waals surface area contributed by atoms with E-state index >= 15 is 0 Å². The molecule has 2 aliphatic rings. The average Bonchev–Trinajstić information content (AvgIpc) is 3.22. The van der Waals surface area contributed by atoms with Crippen LogP contribution in [0.2, 0.25) is 0 Å². The number of hydrogen-bond acceptors (Lipinski definition) is 6. The molecular weight excluding hydrogens is 372 g/mol. The van der Waals surface area contributed by atoms with Gasteiger partial charge in [0.15, 0.2) is 11.5 Å². The molecule has 0 fully saturated rings. The Balaban J connectivity index is 1.68. The number of nitrogens with one attached hydrogen (secondary N) is 2. The quantitative estimate of drug-likeness (QED) is 0.645. The lowest BCUT2D eigenvalue weighted by Gasteiger charge is -2.33. The van der Waals surface area contributed by atoms with Crippen LogP contribution in [0.1, 0.15) is 29.2 Å². The summed E-state index contributed by atoms with van der Waals surface area (Å²) in [4.78, 5) is 1.35. The van der Waals surface area contributed by atoms with Gasteiger partial charge in [0.1, 0.15) is 11.8 Å². The zero-order valence-electron chi connectivity index (χ0n) is 17.0. The number of hydroxylamine groups is 1. The smallest absolute Gasteiger partial charge is 0.231 e. The molecule has 0 saturated carbocycles. The summed E-state index contributed by atoms with van der Waals surface area (Å²) in [7, 11) is 5.47. The van der Waals surface area contributed by atoms with Gasteiger partial charge in [0.05, 0.1) is 33.4 Å². The second kappa shape index (κ2) is 8.23. The number of rotatable bonds is 6. The summed E-state index contributed by atoms with van der Waals surface area (Å²) in [6, 6.07) is 9.89. The number of fused-ring (bicyclic) bond motifs is 2. The number of likely N-dealkylation sites (N-methyl/N-ethyl adjacent to an activating group) is 1. The summed E-state index contributed by atoms with van der Waals surface area (Å²) in [5.41, 5.74) is 6.43. The van der Waals surface area contributed by atoms with Gasteiger partial charge in [0.2, 0.25) is 12.5 Å². The molecule has 0 saturated heterocycles. The summed E-state index contributed by atoms with van der Waals surface area (Å²) in [6.07, 6.45) is 3.51. The number of methoxy groups -OCH3 is 2. The highest BCUT2D eigenvalue weighted by Gasteiger charge is 2.36. The molecule has 0 aliphatic carbocycles. The highest BCUT2D eigenvalue weighted by Crippen LogP contribution is 2.48. The highest BCUT2D eigenvalue weighted by atomic mass is 16.7. The molecule has 0 radical (unpaired) electrons. The van der Waals surface area contributed by atoms with Crippen LogP contribution in [0, 0.1) is 0 Å². The first-order chi connectivity index (χ1) is 14.1. The van der Waals surface area contributed by atoms with Crippen LogP contribution in [0.15, 0.2) is 36.0 Å². The maximum atomic E-state index is 9.81. The van der Waals surface area contributed by atoms with E-state index in [0.29, 0.717) is 12.2 Å². The van der Waals surface area contributed by atoms with Crippen molar-refractivity contribution >= 4 is 6.08 Å². The van der Waals surface area contributed by atoms with Crippen LogP contribution < -0.4 is 29.3 Å². The van der Waals surface area contributed by atoms with Gasteiger partial charge >= 0.3 is 0 Å². The van der Waals surface area contributed by atoms with Crippen molar-refractivity contribution in [3.8, 4) is 23.0 Å². The van der Waals surface area contributed by atoms with Gasteiger partial charge in [-0.25, -0.2) is 0 Å². The Morgan fingerprint density at radius 3 is 2.72 bits per heavy atom. The Bertz CT molecular complexity index is 910. The zero-order chi connectivity index (χ0) is 20.4. The minimum atomic E-state index is 0.104. The van der Waals surface area contributed by atoms with E-state index in [-0.39, 0.29) is 12.8 Å². The van der Waals surface area contributed by atoms with Gasteiger partial charge in [-0.15, -0.1) is 0 Å². The van der Waals surface area contributed by atoms with Crippen molar-refractivity contribution in [2.24, 2.45) is 0 Å². The molecule has 0 aromatic heterocycles. The first-order valence-corrected chi connectivity index (χ1v) is 9.71. The Kier molecular flexibility index (Phi) is 5.51. The van der Waals surface area contributed by atoms with Crippen LogP contribution in [-0.4, -0.2) is 39.8 Å². The first kappa shape index (κ1) is 19.4. The minimum absolute atomic E-state index is 0.104. The molecule has 154 valence electrons. The molecule has 0 amide bonds. The van der Waals surface area contributed by atoms with Crippen molar-refractivity contribution in [2.45, 2.75) is 18.9 Å². The summed E-state index contributed by atoms with van der Waals surface area (Å²) in [6.45, 7) is 1.20. The van der Waals surface area contributed by atoms with Crippen LogP contribution in [-0.2, 0) is 6.42 Å². The van der Waals surface area contributed by atoms with Crippen molar-refractivity contribution in [3.63, 3.8) is 0 Å². The van der Waals surface area contributed by atoms with Gasteiger partial charge in [-0.1, -0.05) is 12.1 Å². The van der Waals surface area contributed by atoms with Crippen LogP contribution in [0.3, 0.4) is 0 Å². The lowest BCUT2D eigenvalue weighted by Crippen LogP contribution is -3.10. The van der Waals surface area contributed by atoms with E-state index in [9.17, 15) is 5.21 Å². The van der Waals surface area contributed by atoms with Gasteiger partial charge in [0, 0.05) is 18.5 Å². The van der Waals surface area contributed by atoms with E-state index < -0.39 is 0 Å². The lowest BCUT2D eigenvalue weighted by atomic mass is 9.88. The van der Waals surface area contributed by atoms with Gasteiger partial charge < -0.3 is 23.8 Å². The van der Waals surface area contributed by atoms with Gasteiger partial charge in [-0.05, 0) is 35.4 Å². The summed E-state index contributed by atoms with van der Waals surface area (Å²) in [5, 5.41) is 9.81. The van der Waals surface area contributed by atoms with Crippen molar-refractivity contribution in [3.05, 3.63) is 52.7 Å². The Morgan fingerprint density at radius 2 is 2.03 bits per heavy atom. The summed E-state index contributed by atoms with van der Waals surface area (Å²) >= 11 is 0. The fraction of sp³-hybridized carbons (Fsp3) is 0.364. The molecule has 2 atom stereocenters. The zero-order valence-corrected chi connectivity index (χ0v) is 17.0. The fourth-order valence-corrected chi connectivity index (χ4v) is 4.16. The van der Waals surface area contributed by atoms with E-state index in [4.69, 9.17) is 18.9 Å². The first-order valence-electron chi connectivity index (χ1n) is 9.71. The Hall–Kier alpha value is -2.90. The summed E-state index contributed by atoms with van der Waals surface area (Å²) in [5.74, 6) is 2.95. The Morgan fingerprint density at radius 1 is 1.24 bits per heavy atom. The van der Waals surface area contributed by atoms with E-state index in [2.05, 4.69) is 18.6 Å². The molecule has 4 rings (SSSR count). The van der Waals surface area contributed by atoms with Crippen molar-refractivity contribution in [2.75, 3.05) is 34.6 Å². The molecular formula is C22H27N2O5+. The second-order valence-electron chi connectivity index (χ2n) is 7.37. The molecule has 2 aliphatic heterocycles. The molecule has 7 nitrogen and oxygen atoms in total. The third-order valence-electron chi connectivity index (χ3n) is 5.70. The van der Waals surface area contributed by atoms with Crippen molar-refractivity contribution < 1.29 is 29.1 Å². The van der Waals surface area contributed by atoms with Crippen LogP contribution in [0.25, 0.3) is 6.08 Å². The van der Waals surface area contributed by atoms with Gasteiger partial charge in [0.25, 0.3) is 0 Å². The molecule has 7 heteroatoms. The fourth-order valence-electron chi connectivity index (χ4n) is 4.16. The van der Waals surface area contributed by atoms with E-state index in [1.807, 2.05) is 30.3 Å². The third-order valence-corrected chi connectivity index (χ3v) is 5.70. The predicted molar refractivity (Wildman–Crippen MR) is 108 cm³/mol. The number of benzene rings is 2. The van der Waals surface area contributed by atoms with Crippen LogP contribution in [0.5, 0.6) is 23.0 Å². The molecule has 0 bridgehead atoms. The molecule has 2 aromatic carbocycles. The van der Waals surface area contributed by atoms with E-state index in [1.165, 1.54) is 10.5 Å². The largest absolute Gasteiger partial charge is 0.497 e. The van der Waals surface area contributed by atoms with Crippen LogP contribution >= 0.6 is 0 Å².